The smallest absolute Gasteiger partial charge is 0.262 e. The largest absolute Gasteiger partial charge is 0.493 e. The van der Waals surface area contributed by atoms with Crippen LogP contribution in [0.5, 0.6) is 11.5 Å². The second-order valence-electron chi connectivity index (χ2n) is 6.79. The van der Waals surface area contributed by atoms with Crippen molar-refractivity contribution in [2.45, 2.75) is 13.5 Å². The van der Waals surface area contributed by atoms with Crippen LogP contribution in [0.3, 0.4) is 0 Å². The first-order valence-corrected chi connectivity index (χ1v) is 9.89. The van der Waals surface area contributed by atoms with Gasteiger partial charge in [0.05, 0.1) is 11.6 Å². The average molecular weight is 450 g/mol. The zero-order chi connectivity index (χ0) is 20.5. The van der Waals surface area contributed by atoms with E-state index >= 15 is 0 Å². The molecule has 152 valence electrons. The van der Waals surface area contributed by atoms with Gasteiger partial charge in [-0.05, 0) is 66.8 Å². The summed E-state index contributed by atoms with van der Waals surface area (Å²) in [4.78, 5) is 14.3. The number of aryl methyl sites for hydroxylation is 1. The Morgan fingerprint density at radius 2 is 1.89 bits per heavy atom. The highest BCUT2D eigenvalue weighted by atomic mass is 79.9. The van der Waals surface area contributed by atoms with Gasteiger partial charge in [0.25, 0.3) is 5.91 Å². The highest BCUT2D eigenvalue weighted by Crippen LogP contribution is 2.36. The summed E-state index contributed by atoms with van der Waals surface area (Å²) in [6.07, 6.45) is 0. The number of nitrogens with zero attached hydrogens (tertiary/aromatic N) is 1. The lowest BCUT2D eigenvalue weighted by atomic mass is 10.2. The van der Waals surface area contributed by atoms with Crippen molar-refractivity contribution in [1.29, 1.82) is 0 Å². The molecule has 6 nitrogen and oxygen atoms in total. The van der Waals surface area contributed by atoms with E-state index in [0.29, 0.717) is 11.5 Å². The van der Waals surface area contributed by atoms with Crippen molar-refractivity contribution in [3.63, 3.8) is 0 Å². The van der Waals surface area contributed by atoms with E-state index in [0.717, 1.165) is 40.9 Å². The van der Waals surface area contributed by atoms with Crippen LogP contribution in [0.1, 0.15) is 11.1 Å². The number of hydrogen-bond donors (Lipinski definition) is 2. The molecule has 0 fully saturated rings. The minimum atomic E-state index is -0.229. The number of ether oxygens (including phenoxy) is 2. The Bertz CT molecular complexity index is 779. The van der Waals surface area contributed by atoms with Crippen LogP contribution in [0, 0.1) is 6.92 Å². The Hall–Kier alpha value is -2.09. The highest BCUT2D eigenvalue weighted by Gasteiger charge is 2.14. The van der Waals surface area contributed by atoms with Gasteiger partial charge < -0.3 is 25.0 Å². The zero-order valence-corrected chi connectivity index (χ0v) is 18.4. The summed E-state index contributed by atoms with van der Waals surface area (Å²) in [5.74, 6) is 0.868. The number of benzene rings is 2. The normalized spacial score (nSPS) is 10.8. The van der Waals surface area contributed by atoms with Crippen molar-refractivity contribution >= 4 is 27.5 Å². The second kappa shape index (κ2) is 11.0. The molecule has 2 aromatic carbocycles. The Balaban J connectivity index is 1.94. The monoisotopic (exact) mass is 449 g/mol. The summed E-state index contributed by atoms with van der Waals surface area (Å²) in [5, 5.41) is 6.21. The van der Waals surface area contributed by atoms with Gasteiger partial charge in [-0.2, -0.15) is 0 Å². The topological polar surface area (TPSA) is 62.8 Å². The van der Waals surface area contributed by atoms with E-state index < -0.39 is 0 Å². The Labute approximate surface area is 175 Å². The molecule has 2 aromatic rings. The number of rotatable bonds is 10. The quantitative estimate of drug-likeness (QED) is 0.544. The van der Waals surface area contributed by atoms with Gasteiger partial charge >= 0.3 is 0 Å². The fourth-order valence-corrected chi connectivity index (χ4v) is 3.13. The molecule has 0 saturated carbocycles. The summed E-state index contributed by atoms with van der Waals surface area (Å²) in [6.45, 7) is 4.47. The maximum absolute atomic E-state index is 12.2. The van der Waals surface area contributed by atoms with Crippen molar-refractivity contribution in [3.05, 3.63) is 52.0 Å². The van der Waals surface area contributed by atoms with Gasteiger partial charge in [0.1, 0.15) is 0 Å². The van der Waals surface area contributed by atoms with Gasteiger partial charge in [0.15, 0.2) is 18.1 Å². The van der Waals surface area contributed by atoms with E-state index in [-0.39, 0.29) is 12.5 Å². The number of halogens is 1. The summed E-state index contributed by atoms with van der Waals surface area (Å²) in [6, 6.07) is 11.5. The van der Waals surface area contributed by atoms with Gasteiger partial charge in [-0.3, -0.25) is 4.79 Å². The number of amides is 1. The Kier molecular flexibility index (Phi) is 8.76. The molecular weight excluding hydrogens is 422 g/mol. The zero-order valence-electron chi connectivity index (χ0n) is 16.8. The molecule has 0 aliphatic rings. The molecule has 0 aliphatic heterocycles. The predicted molar refractivity (Wildman–Crippen MR) is 116 cm³/mol. The van der Waals surface area contributed by atoms with Crippen LogP contribution in [0.25, 0.3) is 0 Å². The Morgan fingerprint density at radius 3 is 2.54 bits per heavy atom. The third-order valence-electron chi connectivity index (χ3n) is 4.04. The molecule has 0 saturated heterocycles. The third kappa shape index (κ3) is 7.14. The summed E-state index contributed by atoms with van der Waals surface area (Å²) in [7, 11) is 5.68. The van der Waals surface area contributed by atoms with E-state index in [1.807, 2.05) is 57.4 Å². The molecule has 0 unspecified atom stereocenters. The molecule has 2 N–H and O–H groups in total. The molecule has 0 spiro atoms. The highest BCUT2D eigenvalue weighted by molar-refractivity contribution is 9.10. The second-order valence-corrected chi connectivity index (χ2v) is 7.65. The van der Waals surface area contributed by atoms with Crippen LogP contribution in [-0.4, -0.2) is 51.7 Å². The SMILES string of the molecule is COc1cc(CNCCN(C)C)cc(Br)c1OCC(=O)Nc1ccc(C)cc1. The third-order valence-corrected chi connectivity index (χ3v) is 4.63. The summed E-state index contributed by atoms with van der Waals surface area (Å²) >= 11 is 3.52. The van der Waals surface area contributed by atoms with Crippen LogP contribution in [-0.2, 0) is 11.3 Å². The first-order valence-electron chi connectivity index (χ1n) is 9.10. The first kappa shape index (κ1) is 22.2. The van der Waals surface area contributed by atoms with E-state index in [1.165, 1.54) is 0 Å². The number of likely N-dealkylation sites (N-methyl/N-ethyl adjacent to an activating group) is 1. The number of methoxy groups -OCH3 is 1. The molecule has 0 radical (unpaired) electrons. The molecule has 28 heavy (non-hydrogen) atoms. The van der Waals surface area contributed by atoms with Gasteiger partial charge in [-0.1, -0.05) is 17.7 Å². The van der Waals surface area contributed by atoms with Crippen LogP contribution >= 0.6 is 15.9 Å². The molecular formula is C21H28BrN3O3. The van der Waals surface area contributed by atoms with Gasteiger partial charge in [0.2, 0.25) is 0 Å². The number of hydrogen-bond acceptors (Lipinski definition) is 5. The maximum atomic E-state index is 12.2. The van der Waals surface area contributed by atoms with Gasteiger partial charge in [-0.25, -0.2) is 0 Å². The van der Waals surface area contributed by atoms with Crippen molar-refractivity contribution in [3.8, 4) is 11.5 Å². The van der Waals surface area contributed by atoms with Crippen molar-refractivity contribution in [1.82, 2.24) is 10.2 Å². The van der Waals surface area contributed by atoms with E-state index in [9.17, 15) is 4.79 Å². The van der Waals surface area contributed by atoms with Crippen LogP contribution in [0.15, 0.2) is 40.9 Å². The van der Waals surface area contributed by atoms with Crippen LogP contribution in [0.4, 0.5) is 5.69 Å². The standard InChI is InChI=1S/C21H28BrN3O3/c1-15-5-7-17(8-6-15)24-20(26)14-28-21-18(22)11-16(12-19(21)27-4)13-23-9-10-25(2)3/h5-8,11-12,23H,9-10,13-14H2,1-4H3,(H,24,26). The Morgan fingerprint density at radius 1 is 1.18 bits per heavy atom. The van der Waals surface area contributed by atoms with E-state index in [2.05, 4.69) is 31.5 Å². The fraction of sp³-hybridized carbons (Fsp3) is 0.381. The van der Waals surface area contributed by atoms with Gasteiger partial charge in [-0.15, -0.1) is 0 Å². The van der Waals surface area contributed by atoms with Crippen molar-refractivity contribution in [2.75, 3.05) is 46.2 Å². The number of carbonyl (C=O) groups excluding carboxylic acids is 1. The summed E-state index contributed by atoms with van der Waals surface area (Å²) in [5.41, 5.74) is 2.95. The number of anilines is 1. The minimum absolute atomic E-state index is 0.108. The lowest BCUT2D eigenvalue weighted by Gasteiger charge is -2.15. The van der Waals surface area contributed by atoms with Crippen molar-refractivity contribution < 1.29 is 14.3 Å². The minimum Gasteiger partial charge on any atom is -0.493 e. The molecule has 2 rings (SSSR count). The number of nitrogens with one attached hydrogen (secondary N) is 2. The van der Waals surface area contributed by atoms with E-state index in [4.69, 9.17) is 9.47 Å². The number of carbonyl (C=O) groups is 1. The molecule has 0 aromatic heterocycles. The molecule has 0 atom stereocenters. The average Bonchev–Trinajstić information content (AvgIpc) is 2.65. The fourth-order valence-electron chi connectivity index (χ4n) is 2.52. The molecule has 7 heteroatoms. The predicted octanol–water partition coefficient (Wildman–Crippen LogP) is 3.43. The van der Waals surface area contributed by atoms with E-state index in [1.54, 1.807) is 7.11 Å². The van der Waals surface area contributed by atoms with Crippen LogP contribution in [0.2, 0.25) is 0 Å². The van der Waals surface area contributed by atoms with Crippen LogP contribution < -0.4 is 20.1 Å². The lowest BCUT2D eigenvalue weighted by molar-refractivity contribution is -0.118. The molecule has 1 amide bonds. The summed E-state index contributed by atoms with van der Waals surface area (Å²) < 4.78 is 11.9. The molecule has 0 heterocycles. The maximum Gasteiger partial charge on any atom is 0.262 e. The van der Waals surface area contributed by atoms with Crippen molar-refractivity contribution in [2.24, 2.45) is 0 Å². The first-order chi connectivity index (χ1) is 13.4. The van der Waals surface area contributed by atoms with Gasteiger partial charge in [0, 0.05) is 25.3 Å². The lowest BCUT2D eigenvalue weighted by Crippen LogP contribution is -2.26. The molecule has 0 aliphatic carbocycles. The molecule has 0 bridgehead atoms.